The van der Waals surface area contributed by atoms with Crippen LogP contribution < -0.4 is 5.32 Å². The highest BCUT2D eigenvalue weighted by Gasteiger charge is 2.17. The minimum absolute atomic E-state index is 0.0817. The molecule has 0 unspecified atom stereocenters. The quantitative estimate of drug-likeness (QED) is 0.566. The van der Waals surface area contributed by atoms with Crippen LogP contribution in [0.3, 0.4) is 0 Å². The summed E-state index contributed by atoms with van der Waals surface area (Å²) in [5.74, 6) is -0.991. The van der Waals surface area contributed by atoms with Crippen molar-refractivity contribution in [3.8, 4) is 11.4 Å². The fraction of sp³-hybridized carbons (Fsp3) is 0. The van der Waals surface area contributed by atoms with Gasteiger partial charge in [-0.05, 0) is 36.4 Å². The molecule has 0 aliphatic carbocycles. The summed E-state index contributed by atoms with van der Waals surface area (Å²) in [6, 6.07) is 10.5. The number of hydrogen-bond donors (Lipinski definition) is 2. The number of phenols is 1. The summed E-state index contributed by atoms with van der Waals surface area (Å²) >= 11 is 0. The van der Waals surface area contributed by atoms with Crippen molar-refractivity contribution in [2.75, 3.05) is 5.32 Å². The third-order valence-electron chi connectivity index (χ3n) is 3.36. The van der Waals surface area contributed by atoms with E-state index in [4.69, 9.17) is 0 Å². The van der Waals surface area contributed by atoms with E-state index in [9.17, 15) is 20.0 Å². The Bertz CT molecular complexity index is 889. The Morgan fingerprint density at radius 2 is 1.96 bits per heavy atom. The summed E-state index contributed by atoms with van der Waals surface area (Å²) in [7, 11) is 0. The molecule has 0 fully saturated rings. The van der Waals surface area contributed by atoms with Crippen LogP contribution in [0.15, 0.2) is 61.2 Å². The van der Waals surface area contributed by atoms with Crippen LogP contribution in [0.4, 0.5) is 11.4 Å². The highest BCUT2D eigenvalue weighted by molar-refractivity contribution is 6.04. The molecule has 1 aromatic heterocycles. The van der Waals surface area contributed by atoms with Crippen molar-refractivity contribution in [1.82, 2.24) is 9.55 Å². The first-order valence-electron chi connectivity index (χ1n) is 6.92. The Morgan fingerprint density at radius 1 is 1.21 bits per heavy atom. The summed E-state index contributed by atoms with van der Waals surface area (Å²) in [4.78, 5) is 26.2. The molecule has 1 amide bonds. The molecule has 0 bridgehead atoms. The summed E-state index contributed by atoms with van der Waals surface area (Å²) in [5, 5.41) is 22.9. The number of imidazole rings is 1. The number of aromatic nitrogens is 2. The number of nitro groups is 1. The number of nitro benzene ring substituents is 1. The molecule has 2 N–H and O–H groups in total. The minimum atomic E-state index is -0.744. The third-order valence-corrected chi connectivity index (χ3v) is 3.36. The Kier molecular flexibility index (Phi) is 3.94. The molecule has 0 aliphatic rings. The lowest BCUT2D eigenvalue weighted by atomic mass is 10.1. The van der Waals surface area contributed by atoms with Crippen LogP contribution in [0.2, 0.25) is 0 Å². The Hall–Kier alpha value is -3.68. The number of hydrogen-bond acceptors (Lipinski definition) is 5. The molecule has 0 saturated heterocycles. The van der Waals surface area contributed by atoms with E-state index in [-0.39, 0.29) is 5.56 Å². The SMILES string of the molecule is O=C(Nc1ccc(-n2ccnc2)cc1)c1ccc(O)c([N+](=O)[O-])c1. The number of phenolic OH excluding ortho intramolecular Hbond substituents is 1. The van der Waals surface area contributed by atoms with Gasteiger partial charge in [-0.2, -0.15) is 0 Å². The Labute approximate surface area is 136 Å². The second-order valence-electron chi connectivity index (χ2n) is 4.93. The maximum Gasteiger partial charge on any atom is 0.311 e. The average molecular weight is 324 g/mol. The second kappa shape index (κ2) is 6.21. The van der Waals surface area contributed by atoms with Crippen LogP contribution in [-0.4, -0.2) is 25.5 Å². The molecule has 0 saturated carbocycles. The number of nitrogens with zero attached hydrogens (tertiary/aromatic N) is 3. The maximum atomic E-state index is 12.2. The van der Waals surface area contributed by atoms with Gasteiger partial charge in [-0.1, -0.05) is 0 Å². The number of aromatic hydroxyl groups is 1. The molecule has 8 nitrogen and oxygen atoms in total. The van der Waals surface area contributed by atoms with Crippen molar-refractivity contribution in [1.29, 1.82) is 0 Å². The van der Waals surface area contributed by atoms with Crippen molar-refractivity contribution in [3.63, 3.8) is 0 Å². The topological polar surface area (TPSA) is 110 Å². The van der Waals surface area contributed by atoms with E-state index in [1.54, 1.807) is 43.0 Å². The van der Waals surface area contributed by atoms with E-state index in [2.05, 4.69) is 10.3 Å². The van der Waals surface area contributed by atoms with E-state index < -0.39 is 22.3 Å². The molecule has 3 rings (SSSR count). The molecule has 0 atom stereocenters. The summed E-state index contributed by atoms with van der Waals surface area (Å²) in [6.07, 6.45) is 5.11. The molecular formula is C16H12N4O4. The van der Waals surface area contributed by atoms with Crippen LogP contribution in [0, 0.1) is 10.1 Å². The van der Waals surface area contributed by atoms with E-state index >= 15 is 0 Å². The van der Waals surface area contributed by atoms with Gasteiger partial charge >= 0.3 is 5.69 Å². The predicted molar refractivity (Wildman–Crippen MR) is 86.3 cm³/mol. The van der Waals surface area contributed by atoms with Gasteiger partial charge < -0.3 is 15.0 Å². The van der Waals surface area contributed by atoms with Crippen molar-refractivity contribution < 1.29 is 14.8 Å². The van der Waals surface area contributed by atoms with Gasteiger partial charge in [-0.15, -0.1) is 0 Å². The van der Waals surface area contributed by atoms with Gasteiger partial charge in [-0.25, -0.2) is 4.98 Å². The molecule has 2 aromatic carbocycles. The van der Waals surface area contributed by atoms with Crippen molar-refractivity contribution in [3.05, 3.63) is 76.9 Å². The summed E-state index contributed by atoms with van der Waals surface area (Å²) in [6.45, 7) is 0. The van der Waals surface area contributed by atoms with E-state index in [0.29, 0.717) is 5.69 Å². The summed E-state index contributed by atoms with van der Waals surface area (Å²) < 4.78 is 1.81. The first-order valence-corrected chi connectivity index (χ1v) is 6.92. The molecule has 0 aliphatic heterocycles. The number of rotatable bonds is 4. The lowest BCUT2D eigenvalue weighted by molar-refractivity contribution is -0.385. The molecule has 1 heterocycles. The van der Waals surface area contributed by atoms with Gasteiger partial charge in [0.1, 0.15) is 0 Å². The Balaban J connectivity index is 1.77. The number of benzene rings is 2. The number of carbonyl (C=O) groups is 1. The van der Waals surface area contributed by atoms with Gasteiger partial charge in [0.2, 0.25) is 0 Å². The van der Waals surface area contributed by atoms with Gasteiger partial charge in [-0.3, -0.25) is 14.9 Å². The molecule has 3 aromatic rings. The third kappa shape index (κ3) is 3.07. The maximum absolute atomic E-state index is 12.2. The van der Waals surface area contributed by atoms with E-state index in [1.165, 1.54) is 6.07 Å². The lowest BCUT2D eigenvalue weighted by Crippen LogP contribution is -2.12. The smallest absolute Gasteiger partial charge is 0.311 e. The standard InChI is InChI=1S/C16H12N4O4/c21-15-6-1-11(9-14(15)20(23)24)16(22)18-12-2-4-13(5-3-12)19-8-7-17-10-19/h1-10,21H,(H,18,22). The molecule has 120 valence electrons. The zero-order valence-electron chi connectivity index (χ0n) is 12.3. The number of amides is 1. The van der Waals surface area contributed by atoms with Crippen LogP contribution in [-0.2, 0) is 0 Å². The van der Waals surface area contributed by atoms with Crippen LogP contribution in [0.5, 0.6) is 5.75 Å². The molecule has 0 radical (unpaired) electrons. The summed E-state index contributed by atoms with van der Waals surface area (Å²) in [5.41, 5.74) is 0.988. The minimum Gasteiger partial charge on any atom is -0.502 e. The average Bonchev–Trinajstić information content (AvgIpc) is 3.10. The fourth-order valence-electron chi connectivity index (χ4n) is 2.14. The molecule has 24 heavy (non-hydrogen) atoms. The highest BCUT2D eigenvalue weighted by Crippen LogP contribution is 2.26. The first kappa shape index (κ1) is 15.2. The molecular weight excluding hydrogens is 312 g/mol. The number of nitrogens with one attached hydrogen (secondary N) is 1. The van der Waals surface area contributed by atoms with Gasteiger partial charge in [0, 0.05) is 35.4 Å². The first-order chi connectivity index (χ1) is 11.5. The van der Waals surface area contributed by atoms with Gasteiger partial charge in [0.15, 0.2) is 5.75 Å². The number of carbonyl (C=O) groups excluding carboxylic acids is 1. The van der Waals surface area contributed by atoms with Gasteiger partial charge in [0.25, 0.3) is 5.91 Å². The van der Waals surface area contributed by atoms with Crippen molar-refractivity contribution in [2.24, 2.45) is 0 Å². The van der Waals surface area contributed by atoms with E-state index in [0.717, 1.165) is 17.8 Å². The largest absolute Gasteiger partial charge is 0.502 e. The molecule has 8 heteroatoms. The fourth-order valence-corrected chi connectivity index (χ4v) is 2.14. The predicted octanol–water partition coefficient (Wildman–Crippen LogP) is 2.74. The zero-order valence-corrected chi connectivity index (χ0v) is 12.3. The van der Waals surface area contributed by atoms with Crippen LogP contribution >= 0.6 is 0 Å². The monoisotopic (exact) mass is 324 g/mol. The van der Waals surface area contributed by atoms with Crippen molar-refractivity contribution >= 4 is 17.3 Å². The second-order valence-corrected chi connectivity index (χ2v) is 4.93. The normalized spacial score (nSPS) is 10.3. The van der Waals surface area contributed by atoms with E-state index in [1.807, 2.05) is 4.57 Å². The zero-order chi connectivity index (χ0) is 17.1. The van der Waals surface area contributed by atoms with Crippen LogP contribution in [0.1, 0.15) is 10.4 Å². The Morgan fingerprint density at radius 3 is 2.58 bits per heavy atom. The van der Waals surface area contributed by atoms with Crippen LogP contribution in [0.25, 0.3) is 5.69 Å². The highest BCUT2D eigenvalue weighted by atomic mass is 16.6. The molecule has 0 spiro atoms. The lowest BCUT2D eigenvalue weighted by Gasteiger charge is -2.07. The van der Waals surface area contributed by atoms with Crippen molar-refractivity contribution in [2.45, 2.75) is 0 Å². The van der Waals surface area contributed by atoms with Gasteiger partial charge in [0.05, 0.1) is 11.3 Å². The number of anilines is 1.